The highest BCUT2D eigenvalue weighted by Crippen LogP contribution is 2.19. The molecule has 1 unspecified atom stereocenters. The zero-order chi connectivity index (χ0) is 16.8. The quantitative estimate of drug-likeness (QED) is 0.852. The van der Waals surface area contributed by atoms with Crippen molar-refractivity contribution in [3.8, 4) is 11.8 Å². The van der Waals surface area contributed by atoms with Crippen LogP contribution in [0.3, 0.4) is 0 Å². The van der Waals surface area contributed by atoms with E-state index >= 15 is 0 Å². The van der Waals surface area contributed by atoms with Gasteiger partial charge in [0.2, 0.25) is 0 Å². The van der Waals surface area contributed by atoms with Gasteiger partial charge in [0.25, 0.3) is 5.91 Å². The van der Waals surface area contributed by atoms with Crippen LogP contribution in [-0.4, -0.2) is 24.0 Å². The Bertz CT molecular complexity index is 740. The topological polar surface area (TPSA) is 53.3 Å². The average molecular weight is 312 g/mol. The van der Waals surface area contributed by atoms with Crippen molar-refractivity contribution in [3.05, 3.63) is 65.5 Å². The van der Waals surface area contributed by atoms with Gasteiger partial charge in [-0.05, 0) is 25.1 Å². The first kappa shape index (κ1) is 16.5. The van der Waals surface area contributed by atoms with Crippen LogP contribution in [0.4, 0.5) is 4.39 Å². The fourth-order valence-corrected chi connectivity index (χ4v) is 2.17. The highest BCUT2D eigenvalue weighted by molar-refractivity contribution is 5.80. The number of amides is 1. The van der Waals surface area contributed by atoms with E-state index in [0.29, 0.717) is 16.9 Å². The van der Waals surface area contributed by atoms with Crippen molar-refractivity contribution >= 4 is 5.91 Å². The molecule has 0 aliphatic rings. The van der Waals surface area contributed by atoms with E-state index in [1.54, 1.807) is 56.4 Å². The number of carbonyl (C=O) groups excluding carboxylic acids is 1. The lowest BCUT2D eigenvalue weighted by Gasteiger charge is -2.22. The molecule has 0 radical (unpaired) electrons. The predicted molar refractivity (Wildman–Crippen MR) is 84.1 cm³/mol. The summed E-state index contributed by atoms with van der Waals surface area (Å²) in [7, 11) is 1.59. The molecule has 0 aromatic heterocycles. The van der Waals surface area contributed by atoms with Gasteiger partial charge < -0.3 is 9.64 Å². The number of hydrogen-bond acceptors (Lipinski definition) is 3. The normalized spacial score (nSPS) is 11.4. The first-order valence-corrected chi connectivity index (χ1v) is 7.17. The molecule has 0 N–H and O–H groups in total. The Balaban J connectivity index is 2.04. The minimum Gasteiger partial charge on any atom is -0.480 e. The molecule has 2 rings (SSSR count). The fourth-order valence-electron chi connectivity index (χ4n) is 2.17. The third-order valence-electron chi connectivity index (χ3n) is 3.40. The van der Waals surface area contributed by atoms with Crippen molar-refractivity contribution in [2.45, 2.75) is 19.6 Å². The van der Waals surface area contributed by atoms with E-state index in [1.165, 1.54) is 11.0 Å². The van der Waals surface area contributed by atoms with Crippen LogP contribution in [0.1, 0.15) is 18.1 Å². The minimum atomic E-state index is -0.777. The zero-order valence-electron chi connectivity index (χ0n) is 13.0. The smallest absolute Gasteiger partial charge is 0.263 e. The Morgan fingerprint density at radius 2 is 1.91 bits per heavy atom. The SMILES string of the molecule is CC(Oc1ccccc1C#N)C(=O)N(C)Cc1ccccc1F. The van der Waals surface area contributed by atoms with Gasteiger partial charge in [0.1, 0.15) is 17.6 Å². The second-order valence-electron chi connectivity index (χ2n) is 5.15. The summed E-state index contributed by atoms with van der Waals surface area (Å²) in [6.07, 6.45) is -0.777. The second kappa shape index (κ2) is 7.41. The van der Waals surface area contributed by atoms with Gasteiger partial charge in [0, 0.05) is 19.2 Å². The molecule has 1 amide bonds. The second-order valence-corrected chi connectivity index (χ2v) is 5.15. The van der Waals surface area contributed by atoms with E-state index < -0.39 is 6.10 Å². The van der Waals surface area contributed by atoms with Gasteiger partial charge in [-0.15, -0.1) is 0 Å². The summed E-state index contributed by atoms with van der Waals surface area (Å²) < 4.78 is 19.2. The standard InChI is InChI=1S/C18H17FN2O2/c1-13(23-17-10-6-4-7-14(17)11-20)18(22)21(2)12-15-8-3-5-9-16(15)19/h3-10,13H,12H2,1-2H3. The number of rotatable bonds is 5. The van der Waals surface area contributed by atoms with Crippen LogP contribution in [-0.2, 0) is 11.3 Å². The van der Waals surface area contributed by atoms with Crippen molar-refractivity contribution in [2.75, 3.05) is 7.05 Å². The van der Waals surface area contributed by atoms with Crippen molar-refractivity contribution in [1.29, 1.82) is 5.26 Å². The lowest BCUT2D eigenvalue weighted by atomic mass is 10.2. The van der Waals surface area contributed by atoms with Gasteiger partial charge in [-0.25, -0.2) is 4.39 Å². The number of para-hydroxylation sites is 1. The maximum Gasteiger partial charge on any atom is 0.263 e. The molecule has 0 saturated heterocycles. The van der Waals surface area contributed by atoms with Crippen molar-refractivity contribution < 1.29 is 13.9 Å². The molecule has 4 nitrogen and oxygen atoms in total. The third-order valence-corrected chi connectivity index (χ3v) is 3.40. The highest BCUT2D eigenvalue weighted by atomic mass is 19.1. The molecule has 0 bridgehead atoms. The lowest BCUT2D eigenvalue weighted by Crippen LogP contribution is -2.37. The highest BCUT2D eigenvalue weighted by Gasteiger charge is 2.21. The average Bonchev–Trinajstić information content (AvgIpc) is 2.56. The van der Waals surface area contributed by atoms with E-state index in [0.717, 1.165) is 0 Å². The fraction of sp³-hybridized carbons (Fsp3) is 0.222. The number of nitrogens with zero attached hydrogens (tertiary/aromatic N) is 2. The van der Waals surface area contributed by atoms with Crippen LogP contribution >= 0.6 is 0 Å². The molecule has 0 fully saturated rings. The number of likely N-dealkylation sites (N-methyl/N-ethyl adjacent to an activating group) is 1. The number of nitriles is 1. The van der Waals surface area contributed by atoms with Gasteiger partial charge in [-0.3, -0.25) is 4.79 Å². The molecule has 5 heteroatoms. The van der Waals surface area contributed by atoms with Crippen LogP contribution in [0.15, 0.2) is 48.5 Å². The monoisotopic (exact) mass is 312 g/mol. The van der Waals surface area contributed by atoms with Crippen molar-refractivity contribution in [3.63, 3.8) is 0 Å². The Labute approximate surface area is 134 Å². The molecule has 2 aromatic rings. The number of benzene rings is 2. The van der Waals surface area contributed by atoms with E-state index in [9.17, 15) is 9.18 Å². The summed E-state index contributed by atoms with van der Waals surface area (Å²) in [5.74, 6) is -0.285. The Hall–Kier alpha value is -2.87. The Kier molecular flexibility index (Phi) is 5.32. The Morgan fingerprint density at radius 1 is 1.26 bits per heavy atom. The molecule has 118 valence electrons. The molecule has 0 heterocycles. The lowest BCUT2D eigenvalue weighted by molar-refractivity contribution is -0.137. The molecule has 0 saturated carbocycles. The van der Waals surface area contributed by atoms with Gasteiger partial charge in [-0.2, -0.15) is 5.26 Å². The van der Waals surface area contributed by atoms with Gasteiger partial charge in [0.15, 0.2) is 6.10 Å². The molecule has 1 atom stereocenters. The van der Waals surface area contributed by atoms with Crippen LogP contribution in [0.2, 0.25) is 0 Å². The van der Waals surface area contributed by atoms with Crippen LogP contribution < -0.4 is 4.74 Å². The van der Waals surface area contributed by atoms with Gasteiger partial charge >= 0.3 is 0 Å². The van der Waals surface area contributed by atoms with Crippen molar-refractivity contribution in [1.82, 2.24) is 4.90 Å². The first-order chi connectivity index (χ1) is 11.0. The summed E-state index contributed by atoms with van der Waals surface area (Å²) in [4.78, 5) is 13.8. The molecule has 2 aromatic carbocycles. The van der Waals surface area contributed by atoms with Gasteiger partial charge in [0.05, 0.1) is 5.56 Å². The largest absolute Gasteiger partial charge is 0.480 e. The maximum atomic E-state index is 13.7. The summed E-state index contributed by atoms with van der Waals surface area (Å²) in [5, 5.41) is 9.04. The van der Waals surface area contributed by atoms with Crippen LogP contribution in [0, 0.1) is 17.1 Å². The number of hydrogen-bond donors (Lipinski definition) is 0. The predicted octanol–water partition coefficient (Wildman–Crippen LogP) is 3.12. The van der Waals surface area contributed by atoms with Crippen LogP contribution in [0.25, 0.3) is 0 Å². The summed E-state index contributed by atoms with van der Waals surface area (Å²) in [6.45, 7) is 1.76. The van der Waals surface area contributed by atoms with E-state index in [2.05, 4.69) is 0 Å². The molecule has 23 heavy (non-hydrogen) atoms. The van der Waals surface area contributed by atoms with Gasteiger partial charge in [-0.1, -0.05) is 30.3 Å². The molecule has 0 spiro atoms. The third kappa shape index (κ3) is 4.07. The van der Waals surface area contributed by atoms with E-state index in [1.807, 2.05) is 6.07 Å². The summed E-state index contributed by atoms with van der Waals surface area (Å²) >= 11 is 0. The summed E-state index contributed by atoms with van der Waals surface area (Å²) in [5.41, 5.74) is 0.803. The first-order valence-electron chi connectivity index (χ1n) is 7.17. The van der Waals surface area contributed by atoms with Crippen molar-refractivity contribution in [2.24, 2.45) is 0 Å². The molecular formula is C18H17FN2O2. The van der Waals surface area contributed by atoms with E-state index in [4.69, 9.17) is 10.00 Å². The summed E-state index contributed by atoms with van der Waals surface area (Å²) in [6, 6.07) is 15.0. The number of ether oxygens (including phenoxy) is 1. The number of carbonyl (C=O) groups is 1. The zero-order valence-corrected chi connectivity index (χ0v) is 13.0. The minimum absolute atomic E-state index is 0.152. The Morgan fingerprint density at radius 3 is 2.61 bits per heavy atom. The number of halogens is 1. The van der Waals surface area contributed by atoms with Crippen LogP contribution in [0.5, 0.6) is 5.75 Å². The molecule has 0 aliphatic heterocycles. The molecular weight excluding hydrogens is 295 g/mol. The molecule has 0 aliphatic carbocycles. The van der Waals surface area contributed by atoms with E-state index in [-0.39, 0.29) is 18.3 Å². The maximum absolute atomic E-state index is 13.7.